The number of hydrogen-bond donors (Lipinski definition) is 0. The van der Waals surface area contributed by atoms with Gasteiger partial charge in [-0.05, 0) is 48.9 Å². The van der Waals surface area contributed by atoms with Crippen molar-refractivity contribution >= 4 is 44.3 Å². The van der Waals surface area contributed by atoms with Crippen LogP contribution in [0, 0.1) is 0 Å². The number of aromatic nitrogens is 2. The molecule has 6 nitrogen and oxygen atoms in total. The van der Waals surface area contributed by atoms with Crippen molar-refractivity contribution in [2.75, 3.05) is 7.11 Å². The molecule has 0 aliphatic heterocycles. The number of rotatable bonds is 6. The maximum Gasteiger partial charge on any atom is 0.336 e. The van der Waals surface area contributed by atoms with Gasteiger partial charge in [-0.2, -0.15) is 0 Å². The maximum absolute atomic E-state index is 13.5. The number of methoxy groups -OCH3 is 1. The number of allylic oxidation sites excluding steroid dienone is 1. The highest BCUT2D eigenvalue weighted by molar-refractivity contribution is 7.98. The Morgan fingerprint density at radius 3 is 2.91 bits per heavy atom. The van der Waals surface area contributed by atoms with E-state index in [0.717, 1.165) is 46.8 Å². The molecule has 0 spiro atoms. The van der Waals surface area contributed by atoms with Crippen molar-refractivity contribution in [2.45, 2.75) is 49.6 Å². The van der Waals surface area contributed by atoms with Gasteiger partial charge in [-0.1, -0.05) is 24.3 Å². The molecule has 0 saturated heterocycles. The van der Waals surface area contributed by atoms with Crippen molar-refractivity contribution in [2.24, 2.45) is 0 Å². The summed E-state index contributed by atoms with van der Waals surface area (Å²) in [5.41, 5.74) is 2.09. The second-order valence-electron chi connectivity index (χ2n) is 8.08. The van der Waals surface area contributed by atoms with Crippen LogP contribution in [0.1, 0.15) is 35.3 Å². The molecular formula is C25H24N2O4S2. The zero-order chi connectivity index (χ0) is 22.9. The van der Waals surface area contributed by atoms with Crippen LogP contribution in [-0.4, -0.2) is 16.7 Å². The fourth-order valence-electron chi connectivity index (χ4n) is 4.40. The van der Waals surface area contributed by atoms with Crippen LogP contribution >= 0.6 is 23.1 Å². The summed E-state index contributed by atoms with van der Waals surface area (Å²) in [6, 6.07) is 6.94. The summed E-state index contributed by atoms with van der Waals surface area (Å²) in [5.74, 6) is 1.11. The molecule has 1 aromatic carbocycles. The summed E-state index contributed by atoms with van der Waals surface area (Å²) in [5, 5.41) is 2.25. The molecule has 0 bridgehead atoms. The van der Waals surface area contributed by atoms with Crippen molar-refractivity contribution in [3.05, 3.63) is 73.7 Å². The van der Waals surface area contributed by atoms with Crippen LogP contribution in [0.15, 0.2) is 56.1 Å². The Balaban J connectivity index is 1.57. The highest BCUT2D eigenvalue weighted by Gasteiger charge is 2.21. The van der Waals surface area contributed by atoms with Crippen LogP contribution in [0.25, 0.3) is 21.2 Å². The number of aryl methyl sites for hydroxylation is 2. The molecule has 33 heavy (non-hydrogen) atoms. The minimum Gasteiger partial charge on any atom is -0.497 e. The van der Waals surface area contributed by atoms with Gasteiger partial charge >= 0.3 is 5.63 Å². The van der Waals surface area contributed by atoms with E-state index in [-0.39, 0.29) is 5.56 Å². The van der Waals surface area contributed by atoms with E-state index in [1.54, 1.807) is 35.2 Å². The Morgan fingerprint density at radius 2 is 2.09 bits per heavy atom. The lowest BCUT2D eigenvalue weighted by atomic mass is 10.1. The van der Waals surface area contributed by atoms with E-state index in [4.69, 9.17) is 14.1 Å². The van der Waals surface area contributed by atoms with Gasteiger partial charge in [0.2, 0.25) is 0 Å². The summed E-state index contributed by atoms with van der Waals surface area (Å²) < 4.78 is 12.3. The molecule has 0 radical (unpaired) electrons. The SMILES string of the molecule is C=CCn1c(SCc2cc(=O)oc3cc(OC)ccc23)nc2sc3c(c2c1=O)CCCCC3. The number of nitrogens with zero attached hydrogens (tertiary/aromatic N) is 2. The van der Waals surface area contributed by atoms with E-state index in [9.17, 15) is 9.59 Å². The molecule has 0 unspecified atom stereocenters. The molecule has 0 saturated carbocycles. The van der Waals surface area contributed by atoms with E-state index >= 15 is 0 Å². The number of thiophene rings is 1. The van der Waals surface area contributed by atoms with Crippen molar-refractivity contribution < 1.29 is 9.15 Å². The number of ether oxygens (including phenoxy) is 1. The molecule has 3 aromatic heterocycles. The summed E-state index contributed by atoms with van der Waals surface area (Å²) in [6.07, 6.45) is 7.18. The van der Waals surface area contributed by atoms with Crippen LogP contribution < -0.4 is 15.9 Å². The second-order valence-corrected chi connectivity index (χ2v) is 10.1. The molecule has 8 heteroatoms. The summed E-state index contributed by atoms with van der Waals surface area (Å²) in [6.45, 7) is 4.23. The number of benzene rings is 1. The van der Waals surface area contributed by atoms with Gasteiger partial charge in [-0.25, -0.2) is 9.78 Å². The third-order valence-corrected chi connectivity index (χ3v) is 8.21. The molecule has 170 valence electrons. The Bertz CT molecular complexity index is 1480. The summed E-state index contributed by atoms with van der Waals surface area (Å²) in [4.78, 5) is 32.7. The molecule has 3 heterocycles. The predicted octanol–water partition coefficient (Wildman–Crippen LogP) is 5.32. The van der Waals surface area contributed by atoms with Crippen molar-refractivity contribution in [1.82, 2.24) is 9.55 Å². The Labute approximate surface area is 198 Å². The predicted molar refractivity (Wildman–Crippen MR) is 134 cm³/mol. The number of hydrogen-bond acceptors (Lipinski definition) is 7. The fourth-order valence-corrected chi connectivity index (χ4v) is 6.70. The molecule has 1 aliphatic rings. The zero-order valence-corrected chi connectivity index (χ0v) is 20.0. The largest absolute Gasteiger partial charge is 0.497 e. The van der Waals surface area contributed by atoms with Crippen molar-refractivity contribution in [1.29, 1.82) is 0 Å². The molecule has 0 atom stereocenters. The monoisotopic (exact) mass is 480 g/mol. The minimum atomic E-state index is -0.416. The lowest BCUT2D eigenvalue weighted by molar-refractivity contribution is 0.414. The van der Waals surface area contributed by atoms with Gasteiger partial charge in [-0.15, -0.1) is 17.9 Å². The lowest BCUT2D eigenvalue weighted by Crippen LogP contribution is -2.23. The Hall–Kier alpha value is -2.84. The van der Waals surface area contributed by atoms with Crippen molar-refractivity contribution in [3.63, 3.8) is 0 Å². The molecule has 0 N–H and O–H groups in total. The highest BCUT2D eigenvalue weighted by Crippen LogP contribution is 2.35. The first-order valence-corrected chi connectivity index (χ1v) is 12.8. The van der Waals surface area contributed by atoms with E-state index in [1.165, 1.54) is 34.7 Å². The van der Waals surface area contributed by atoms with Crippen LogP contribution in [-0.2, 0) is 25.1 Å². The van der Waals surface area contributed by atoms with Crippen LogP contribution in [0.4, 0.5) is 0 Å². The average Bonchev–Trinajstić information content (AvgIpc) is 3.00. The quantitative estimate of drug-likeness (QED) is 0.122. The molecule has 5 rings (SSSR count). The topological polar surface area (TPSA) is 74.3 Å². The normalized spacial score (nSPS) is 13.7. The van der Waals surface area contributed by atoms with E-state index < -0.39 is 5.63 Å². The van der Waals surface area contributed by atoms with Crippen LogP contribution in [0.5, 0.6) is 5.75 Å². The van der Waals surface area contributed by atoms with E-state index in [0.29, 0.717) is 28.8 Å². The van der Waals surface area contributed by atoms with Crippen molar-refractivity contribution in [3.8, 4) is 5.75 Å². The van der Waals surface area contributed by atoms with E-state index in [1.807, 2.05) is 12.1 Å². The van der Waals surface area contributed by atoms with Gasteiger partial charge in [-0.3, -0.25) is 9.36 Å². The first-order chi connectivity index (χ1) is 16.1. The third kappa shape index (κ3) is 4.13. The Morgan fingerprint density at radius 1 is 1.24 bits per heavy atom. The van der Waals surface area contributed by atoms with Gasteiger partial charge in [0.25, 0.3) is 5.56 Å². The summed E-state index contributed by atoms with van der Waals surface area (Å²) in [7, 11) is 1.57. The van der Waals surface area contributed by atoms with Crippen LogP contribution in [0.2, 0.25) is 0 Å². The first-order valence-electron chi connectivity index (χ1n) is 11.0. The lowest BCUT2D eigenvalue weighted by Gasteiger charge is -2.11. The number of fused-ring (bicyclic) bond motifs is 4. The highest BCUT2D eigenvalue weighted by atomic mass is 32.2. The third-order valence-electron chi connectivity index (χ3n) is 6.00. The van der Waals surface area contributed by atoms with Gasteiger partial charge < -0.3 is 9.15 Å². The summed E-state index contributed by atoms with van der Waals surface area (Å²) >= 11 is 3.11. The second kappa shape index (κ2) is 9.19. The molecule has 0 amide bonds. The minimum absolute atomic E-state index is 0.00368. The average molecular weight is 481 g/mol. The molecular weight excluding hydrogens is 456 g/mol. The van der Waals surface area contributed by atoms with Gasteiger partial charge in [0.15, 0.2) is 5.16 Å². The van der Waals surface area contributed by atoms with Gasteiger partial charge in [0.05, 0.1) is 12.5 Å². The maximum atomic E-state index is 13.5. The first kappa shape index (κ1) is 22.0. The standard InChI is InChI=1S/C25H24N2O4S2/c1-3-11-27-24(29)22-18-7-5-4-6-8-20(18)33-23(22)26-25(27)32-14-15-12-21(28)31-19-13-16(30-2)9-10-17(15)19/h3,9-10,12-13H,1,4-8,11,14H2,2H3. The Kier molecular flexibility index (Phi) is 6.12. The van der Waals surface area contributed by atoms with Crippen LogP contribution in [0.3, 0.4) is 0 Å². The molecule has 1 aliphatic carbocycles. The van der Waals surface area contributed by atoms with Gasteiger partial charge in [0.1, 0.15) is 16.2 Å². The fraction of sp³-hybridized carbons (Fsp3) is 0.320. The van der Waals surface area contributed by atoms with Gasteiger partial charge in [0, 0.05) is 34.7 Å². The zero-order valence-electron chi connectivity index (χ0n) is 18.4. The molecule has 4 aromatic rings. The van der Waals surface area contributed by atoms with E-state index in [2.05, 4.69) is 6.58 Å². The smallest absolute Gasteiger partial charge is 0.336 e. The number of thioether (sulfide) groups is 1. The molecule has 0 fully saturated rings.